The third kappa shape index (κ3) is 3.89. The minimum atomic E-state index is -0.371. The molecule has 1 aromatic carbocycles. The van der Waals surface area contributed by atoms with Gasteiger partial charge in [0.1, 0.15) is 18.4 Å². The van der Waals surface area contributed by atoms with Crippen molar-refractivity contribution in [2.45, 2.75) is 18.9 Å². The zero-order chi connectivity index (χ0) is 17.8. The van der Waals surface area contributed by atoms with E-state index in [1.54, 1.807) is 37.2 Å². The van der Waals surface area contributed by atoms with Crippen LogP contribution in [0.3, 0.4) is 0 Å². The number of rotatable bonds is 5. The van der Waals surface area contributed by atoms with Gasteiger partial charge in [0.15, 0.2) is 11.5 Å². The smallest absolute Gasteiger partial charge is 0.318 e. The van der Waals surface area contributed by atoms with E-state index in [4.69, 9.17) is 14.2 Å². The highest BCUT2D eigenvalue weighted by atomic mass is 16.7. The molecule has 1 fully saturated rings. The molecule has 0 bridgehead atoms. The van der Waals surface area contributed by atoms with Gasteiger partial charge < -0.3 is 29.3 Å². The van der Waals surface area contributed by atoms with Crippen molar-refractivity contribution in [2.75, 3.05) is 40.6 Å². The van der Waals surface area contributed by atoms with Crippen LogP contribution in [0, 0.1) is 0 Å². The molecule has 0 aromatic heterocycles. The van der Waals surface area contributed by atoms with Crippen LogP contribution in [0.4, 0.5) is 4.79 Å². The van der Waals surface area contributed by atoms with Gasteiger partial charge in [-0.15, -0.1) is 0 Å². The Morgan fingerprint density at radius 1 is 1.32 bits per heavy atom. The van der Waals surface area contributed by atoms with Crippen LogP contribution in [0.1, 0.15) is 12.8 Å². The third-order valence-corrected chi connectivity index (χ3v) is 4.23. The van der Waals surface area contributed by atoms with E-state index in [9.17, 15) is 9.59 Å². The predicted molar refractivity (Wildman–Crippen MR) is 89.9 cm³/mol. The van der Waals surface area contributed by atoms with Crippen molar-refractivity contribution < 1.29 is 23.8 Å². The number of hydrogen-bond donors (Lipinski definition) is 1. The van der Waals surface area contributed by atoms with Gasteiger partial charge in [0.25, 0.3) is 0 Å². The molecule has 0 unspecified atom stereocenters. The van der Waals surface area contributed by atoms with Gasteiger partial charge in [-0.05, 0) is 25.0 Å². The van der Waals surface area contributed by atoms with E-state index in [2.05, 4.69) is 5.32 Å². The van der Waals surface area contributed by atoms with Crippen LogP contribution in [0.25, 0.3) is 0 Å². The fourth-order valence-corrected chi connectivity index (χ4v) is 2.96. The van der Waals surface area contributed by atoms with E-state index in [0.717, 1.165) is 6.42 Å². The first-order chi connectivity index (χ1) is 12.1. The van der Waals surface area contributed by atoms with Crippen molar-refractivity contribution >= 4 is 11.9 Å². The number of carbonyl (C=O) groups is 2. The summed E-state index contributed by atoms with van der Waals surface area (Å²) in [5.41, 5.74) is 0. The lowest BCUT2D eigenvalue weighted by Gasteiger charge is -2.26. The molecule has 0 aliphatic carbocycles. The van der Waals surface area contributed by atoms with Crippen LogP contribution in [0.15, 0.2) is 18.2 Å². The summed E-state index contributed by atoms with van der Waals surface area (Å²) in [5, 5.41) is 2.81. The second kappa shape index (κ2) is 7.50. The summed E-state index contributed by atoms with van der Waals surface area (Å²) in [5.74, 6) is 1.97. The maximum Gasteiger partial charge on any atom is 0.318 e. The molecule has 2 aliphatic heterocycles. The first kappa shape index (κ1) is 17.2. The first-order valence-corrected chi connectivity index (χ1v) is 8.34. The summed E-state index contributed by atoms with van der Waals surface area (Å²) in [6.07, 6.45) is 1.55. The van der Waals surface area contributed by atoms with Crippen LogP contribution >= 0.6 is 0 Å². The number of fused-ring (bicyclic) bond motifs is 1. The highest BCUT2D eigenvalue weighted by Crippen LogP contribution is 2.34. The second-order valence-corrected chi connectivity index (χ2v) is 6.18. The van der Waals surface area contributed by atoms with Gasteiger partial charge >= 0.3 is 6.03 Å². The number of carbonyl (C=O) groups excluding carboxylic acids is 2. The number of ether oxygens (including phenoxy) is 3. The Morgan fingerprint density at radius 2 is 2.12 bits per heavy atom. The molecule has 1 atom stereocenters. The monoisotopic (exact) mass is 349 g/mol. The van der Waals surface area contributed by atoms with E-state index in [1.807, 2.05) is 0 Å². The molecule has 3 rings (SSSR count). The lowest BCUT2D eigenvalue weighted by atomic mass is 10.2. The average molecular weight is 349 g/mol. The van der Waals surface area contributed by atoms with Crippen molar-refractivity contribution in [1.29, 1.82) is 0 Å². The van der Waals surface area contributed by atoms with Gasteiger partial charge in [-0.1, -0.05) is 0 Å². The van der Waals surface area contributed by atoms with Crippen molar-refractivity contribution in [3.8, 4) is 17.2 Å². The Labute approximate surface area is 146 Å². The normalized spacial score (nSPS) is 18.2. The number of benzene rings is 1. The molecule has 136 valence electrons. The van der Waals surface area contributed by atoms with Gasteiger partial charge in [-0.3, -0.25) is 4.79 Å². The van der Waals surface area contributed by atoms with Crippen LogP contribution < -0.4 is 19.5 Å². The maximum atomic E-state index is 12.3. The summed E-state index contributed by atoms with van der Waals surface area (Å²) in [6, 6.07) is 4.74. The number of nitrogens with zero attached hydrogens (tertiary/aromatic N) is 2. The standard InChI is InChI=1S/C17H23N3O5/c1-19(2)16(21)13-4-3-8-20(13)17(22)18-7-9-23-12-5-6-14-15(10-12)25-11-24-14/h5-6,10,13H,3-4,7-9,11H2,1-2H3,(H,18,22)/t13-/m1/s1. The summed E-state index contributed by atoms with van der Waals surface area (Å²) in [6.45, 7) is 1.49. The Morgan fingerprint density at radius 3 is 2.92 bits per heavy atom. The zero-order valence-electron chi connectivity index (χ0n) is 14.5. The number of hydrogen-bond acceptors (Lipinski definition) is 5. The zero-order valence-corrected chi connectivity index (χ0v) is 14.5. The van der Waals surface area contributed by atoms with E-state index in [-0.39, 0.29) is 24.8 Å². The van der Waals surface area contributed by atoms with Gasteiger partial charge in [-0.25, -0.2) is 4.79 Å². The third-order valence-electron chi connectivity index (χ3n) is 4.23. The highest BCUT2D eigenvalue weighted by Gasteiger charge is 2.34. The first-order valence-electron chi connectivity index (χ1n) is 8.34. The van der Waals surface area contributed by atoms with Crippen molar-refractivity contribution in [2.24, 2.45) is 0 Å². The summed E-state index contributed by atoms with van der Waals surface area (Å²) in [7, 11) is 3.41. The van der Waals surface area contributed by atoms with Gasteiger partial charge in [0.05, 0.1) is 6.54 Å². The van der Waals surface area contributed by atoms with Crippen molar-refractivity contribution in [3.63, 3.8) is 0 Å². The van der Waals surface area contributed by atoms with Crippen LogP contribution in [-0.2, 0) is 4.79 Å². The minimum Gasteiger partial charge on any atom is -0.492 e. The van der Waals surface area contributed by atoms with Gasteiger partial charge in [0, 0.05) is 26.7 Å². The van der Waals surface area contributed by atoms with E-state index < -0.39 is 0 Å². The van der Waals surface area contributed by atoms with Crippen molar-refractivity contribution in [3.05, 3.63) is 18.2 Å². The molecule has 0 saturated carbocycles. The fraction of sp³-hybridized carbons (Fsp3) is 0.529. The molecule has 2 aliphatic rings. The number of urea groups is 1. The highest BCUT2D eigenvalue weighted by molar-refractivity contribution is 5.87. The summed E-state index contributed by atoms with van der Waals surface area (Å²) in [4.78, 5) is 27.6. The molecule has 3 amide bonds. The topological polar surface area (TPSA) is 80.3 Å². The number of likely N-dealkylation sites (tertiary alicyclic amines) is 1. The number of likely N-dealkylation sites (N-methyl/N-ethyl adjacent to an activating group) is 1. The molecule has 8 heteroatoms. The van der Waals surface area contributed by atoms with E-state index >= 15 is 0 Å². The molecule has 0 spiro atoms. The Hall–Kier alpha value is -2.64. The molecule has 2 heterocycles. The molecule has 1 N–H and O–H groups in total. The SMILES string of the molecule is CN(C)C(=O)[C@H]1CCCN1C(=O)NCCOc1ccc2c(c1)OCO2. The largest absolute Gasteiger partial charge is 0.492 e. The molecule has 1 saturated heterocycles. The number of nitrogens with one attached hydrogen (secondary N) is 1. The quantitative estimate of drug-likeness (QED) is 0.804. The Balaban J connectivity index is 1.44. The van der Waals surface area contributed by atoms with Gasteiger partial charge in [0.2, 0.25) is 12.7 Å². The van der Waals surface area contributed by atoms with E-state index in [0.29, 0.717) is 43.4 Å². The molecule has 8 nitrogen and oxygen atoms in total. The van der Waals surface area contributed by atoms with Crippen molar-refractivity contribution in [1.82, 2.24) is 15.1 Å². The van der Waals surface area contributed by atoms with Crippen LogP contribution in [-0.4, -0.2) is 68.4 Å². The van der Waals surface area contributed by atoms with E-state index in [1.165, 1.54) is 4.90 Å². The molecule has 25 heavy (non-hydrogen) atoms. The molecular formula is C17H23N3O5. The lowest BCUT2D eigenvalue weighted by Crippen LogP contribution is -2.49. The predicted octanol–water partition coefficient (Wildman–Crippen LogP) is 1.06. The maximum absolute atomic E-state index is 12.3. The van der Waals surface area contributed by atoms with Crippen LogP contribution in [0.5, 0.6) is 17.2 Å². The average Bonchev–Trinajstić information content (AvgIpc) is 3.26. The summed E-state index contributed by atoms with van der Waals surface area (Å²) < 4.78 is 16.1. The Kier molecular flexibility index (Phi) is 5.16. The molecule has 1 aromatic rings. The second-order valence-electron chi connectivity index (χ2n) is 6.18. The molecular weight excluding hydrogens is 326 g/mol. The lowest BCUT2D eigenvalue weighted by molar-refractivity contribution is -0.132. The number of amides is 3. The summed E-state index contributed by atoms with van der Waals surface area (Å²) >= 11 is 0. The Bertz CT molecular complexity index is 649. The fourth-order valence-electron chi connectivity index (χ4n) is 2.96. The van der Waals surface area contributed by atoms with Crippen LogP contribution in [0.2, 0.25) is 0 Å². The molecule has 0 radical (unpaired) electrons. The van der Waals surface area contributed by atoms with Gasteiger partial charge in [-0.2, -0.15) is 0 Å². The minimum absolute atomic E-state index is 0.0377.